The number of rotatable bonds is 4. The van der Waals surface area contributed by atoms with Crippen LogP contribution in [0.3, 0.4) is 0 Å². The van der Waals surface area contributed by atoms with Crippen molar-refractivity contribution < 1.29 is 4.92 Å². The molecule has 0 aliphatic heterocycles. The van der Waals surface area contributed by atoms with Crippen LogP contribution in [0.25, 0.3) is 0 Å². The van der Waals surface area contributed by atoms with Crippen LogP contribution in [0.15, 0.2) is 34.8 Å². The molecule has 0 radical (unpaired) electrons. The second kappa shape index (κ2) is 6.00. The Morgan fingerprint density at radius 2 is 2.10 bits per heavy atom. The van der Waals surface area contributed by atoms with Gasteiger partial charge in [0, 0.05) is 27.5 Å². The Balaban J connectivity index is 2.18. The standard InChI is InChI=1S/C14H14BrN3O2/c1-9-6-13(12(15)7-14(9)18(19)20)16-8-11-5-3-4-10(2)17-11/h3-7,16H,8H2,1-2H3. The Labute approximate surface area is 125 Å². The van der Waals surface area contributed by atoms with E-state index in [0.717, 1.165) is 17.1 Å². The maximum atomic E-state index is 10.9. The van der Waals surface area contributed by atoms with E-state index in [2.05, 4.69) is 26.2 Å². The van der Waals surface area contributed by atoms with Crippen LogP contribution in [-0.2, 0) is 6.54 Å². The molecule has 0 aliphatic rings. The van der Waals surface area contributed by atoms with Crippen molar-refractivity contribution in [3.8, 4) is 0 Å². The fourth-order valence-corrected chi connectivity index (χ4v) is 2.36. The zero-order valence-corrected chi connectivity index (χ0v) is 12.8. The molecule has 0 amide bonds. The lowest BCUT2D eigenvalue weighted by Gasteiger charge is -2.10. The number of hydrogen-bond donors (Lipinski definition) is 1. The molecule has 0 atom stereocenters. The van der Waals surface area contributed by atoms with E-state index in [9.17, 15) is 10.1 Å². The molecule has 0 spiro atoms. The van der Waals surface area contributed by atoms with Gasteiger partial charge < -0.3 is 5.32 Å². The van der Waals surface area contributed by atoms with Crippen molar-refractivity contribution >= 4 is 27.3 Å². The molecule has 1 N–H and O–H groups in total. The van der Waals surface area contributed by atoms with Crippen LogP contribution in [0.1, 0.15) is 17.0 Å². The summed E-state index contributed by atoms with van der Waals surface area (Å²) < 4.78 is 0.669. The first-order chi connectivity index (χ1) is 9.47. The summed E-state index contributed by atoms with van der Waals surface area (Å²) in [6.07, 6.45) is 0. The first-order valence-corrected chi connectivity index (χ1v) is 6.87. The molecule has 1 aromatic heterocycles. The van der Waals surface area contributed by atoms with Crippen molar-refractivity contribution in [2.75, 3.05) is 5.32 Å². The molecule has 2 rings (SSSR count). The van der Waals surface area contributed by atoms with Gasteiger partial charge in [-0.2, -0.15) is 0 Å². The average Bonchev–Trinajstić information content (AvgIpc) is 2.39. The van der Waals surface area contributed by atoms with E-state index in [-0.39, 0.29) is 10.6 Å². The van der Waals surface area contributed by atoms with Crippen molar-refractivity contribution in [3.05, 3.63) is 61.9 Å². The summed E-state index contributed by atoms with van der Waals surface area (Å²) in [4.78, 5) is 14.9. The van der Waals surface area contributed by atoms with Gasteiger partial charge in [0.05, 0.1) is 17.2 Å². The predicted molar refractivity (Wildman–Crippen MR) is 81.8 cm³/mol. The molecule has 5 nitrogen and oxygen atoms in total. The zero-order chi connectivity index (χ0) is 14.7. The van der Waals surface area contributed by atoms with Gasteiger partial charge in [-0.3, -0.25) is 15.1 Å². The summed E-state index contributed by atoms with van der Waals surface area (Å²) in [5.74, 6) is 0. The number of nitrogens with one attached hydrogen (secondary N) is 1. The fourth-order valence-electron chi connectivity index (χ4n) is 1.89. The number of nitro benzene ring substituents is 1. The quantitative estimate of drug-likeness (QED) is 0.677. The highest BCUT2D eigenvalue weighted by molar-refractivity contribution is 9.10. The number of hydrogen-bond acceptors (Lipinski definition) is 4. The van der Waals surface area contributed by atoms with E-state index in [1.165, 1.54) is 6.07 Å². The summed E-state index contributed by atoms with van der Waals surface area (Å²) in [6, 6.07) is 9.11. The van der Waals surface area contributed by atoms with Crippen LogP contribution >= 0.6 is 15.9 Å². The van der Waals surface area contributed by atoms with Gasteiger partial charge in [0.2, 0.25) is 0 Å². The van der Waals surface area contributed by atoms with E-state index in [0.29, 0.717) is 16.6 Å². The van der Waals surface area contributed by atoms with Crippen LogP contribution in [0.4, 0.5) is 11.4 Å². The molecule has 0 aliphatic carbocycles. The fraction of sp³-hybridized carbons (Fsp3) is 0.214. The third-order valence-electron chi connectivity index (χ3n) is 2.89. The highest BCUT2D eigenvalue weighted by Crippen LogP contribution is 2.30. The van der Waals surface area contributed by atoms with Gasteiger partial charge in [0.15, 0.2) is 0 Å². The minimum Gasteiger partial charge on any atom is -0.378 e. The number of aromatic nitrogens is 1. The first kappa shape index (κ1) is 14.5. The van der Waals surface area contributed by atoms with Gasteiger partial charge in [-0.1, -0.05) is 6.07 Å². The van der Waals surface area contributed by atoms with E-state index in [1.54, 1.807) is 13.0 Å². The van der Waals surface area contributed by atoms with Crippen LogP contribution in [-0.4, -0.2) is 9.91 Å². The second-order valence-corrected chi connectivity index (χ2v) is 5.35. The normalized spacial score (nSPS) is 10.3. The summed E-state index contributed by atoms with van der Waals surface area (Å²) >= 11 is 3.35. The van der Waals surface area contributed by atoms with Crippen LogP contribution < -0.4 is 5.32 Å². The summed E-state index contributed by atoms with van der Waals surface area (Å²) in [7, 11) is 0. The lowest BCUT2D eigenvalue weighted by Crippen LogP contribution is -2.03. The Bertz CT molecular complexity index is 659. The monoisotopic (exact) mass is 335 g/mol. The SMILES string of the molecule is Cc1cccc(CNc2cc(C)c([N+](=O)[O-])cc2Br)n1. The molecule has 0 unspecified atom stereocenters. The van der Waals surface area contributed by atoms with Gasteiger partial charge in [-0.25, -0.2) is 0 Å². The van der Waals surface area contributed by atoms with Gasteiger partial charge in [0.1, 0.15) is 0 Å². The van der Waals surface area contributed by atoms with E-state index in [4.69, 9.17) is 0 Å². The molecular formula is C14H14BrN3O2. The van der Waals surface area contributed by atoms with E-state index in [1.807, 2.05) is 25.1 Å². The largest absolute Gasteiger partial charge is 0.378 e. The highest BCUT2D eigenvalue weighted by atomic mass is 79.9. The summed E-state index contributed by atoms with van der Waals surface area (Å²) in [5.41, 5.74) is 3.43. The number of nitro groups is 1. The average molecular weight is 336 g/mol. The van der Waals surface area contributed by atoms with Crippen LogP contribution in [0, 0.1) is 24.0 Å². The van der Waals surface area contributed by atoms with E-state index >= 15 is 0 Å². The molecule has 0 bridgehead atoms. The minimum atomic E-state index is -0.383. The van der Waals surface area contributed by atoms with Crippen molar-refractivity contribution in [2.24, 2.45) is 0 Å². The van der Waals surface area contributed by atoms with Crippen LogP contribution in [0.5, 0.6) is 0 Å². The topological polar surface area (TPSA) is 68.1 Å². The lowest BCUT2D eigenvalue weighted by molar-refractivity contribution is -0.385. The van der Waals surface area contributed by atoms with Crippen LogP contribution in [0.2, 0.25) is 0 Å². The highest BCUT2D eigenvalue weighted by Gasteiger charge is 2.13. The summed E-state index contributed by atoms with van der Waals surface area (Å²) in [5, 5.41) is 14.1. The van der Waals surface area contributed by atoms with Crippen molar-refractivity contribution in [1.82, 2.24) is 4.98 Å². The Morgan fingerprint density at radius 1 is 1.35 bits per heavy atom. The molecular weight excluding hydrogens is 322 g/mol. The third-order valence-corrected chi connectivity index (χ3v) is 3.54. The molecule has 6 heteroatoms. The molecule has 20 heavy (non-hydrogen) atoms. The van der Waals surface area contributed by atoms with Gasteiger partial charge >= 0.3 is 0 Å². The molecule has 0 saturated carbocycles. The van der Waals surface area contributed by atoms with Crippen molar-refractivity contribution in [2.45, 2.75) is 20.4 Å². The number of aryl methyl sites for hydroxylation is 2. The molecule has 1 heterocycles. The third kappa shape index (κ3) is 3.33. The molecule has 0 saturated heterocycles. The zero-order valence-electron chi connectivity index (χ0n) is 11.2. The Morgan fingerprint density at radius 3 is 2.75 bits per heavy atom. The molecule has 0 fully saturated rings. The molecule has 1 aromatic carbocycles. The number of pyridine rings is 1. The maximum Gasteiger partial charge on any atom is 0.273 e. The Hall–Kier alpha value is -1.95. The maximum absolute atomic E-state index is 10.9. The van der Waals surface area contributed by atoms with Gasteiger partial charge in [-0.05, 0) is 48.0 Å². The lowest BCUT2D eigenvalue weighted by atomic mass is 10.2. The number of anilines is 1. The number of halogens is 1. The number of nitrogens with zero attached hydrogens (tertiary/aromatic N) is 2. The summed E-state index contributed by atoms with van der Waals surface area (Å²) in [6.45, 7) is 4.23. The Kier molecular flexibility index (Phi) is 4.34. The van der Waals surface area contributed by atoms with Gasteiger partial charge in [-0.15, -0.1) is 0 Å². The van der Waals surface area contributed by atoms with Crippen molar-refractivity contribution in [3.63, 3.8) is 0 Å². The smallest absolute Gasteiger partial charge is 0.273 e. The van der Waals surface area contributed by atoms with E-state index < -0.39 is 0 Å². The molecule has 104 valence electrons. The predicted octanol–water partition coefficient (Wildman–Crippen LogP) is 3.98. The second-order valence-electron chi connectivity index (χ2n) is 4.50. The molecule has 2 aromatic rings. The first-order valence-electron chi connectivity index (χ1n) is 6.08. The minimum absolute atomic E-state index is 0.108. The van der Waals surface area contributed by atoms with Gasteiger partial charge in [0.25, 0.3) is 5.69 Å². The number of benzene rings is 1. The van der Waals surface area contributed by atoms with Crippen molar-refractivity contribution in [1.29, 1.82) is 0 Å².